The van der Waals surface area contributed by atoms with Gasteiger partial charge >= 0.3 is 0 Å². The minimum atomic E-state index is -0.436. The Labute approximate surface area is 127 Å². The van der Waals surface area contributed by atoms with Crippen molar-refractivity contribution in [2.45, 2.75) is 32.3 Å². The fourth-order valence-corrected chi connectivity index (χ4v) is 3.87. The zero-order valence-corrected chi connectivity index (χ0v) is 13.6. The molecular formula is C16H19BrOS. The molecule has 0 aliphatic rings. The molecule has 2 rings (SSSR count). The highest BCUT2D eigenvalue weighted by molar-refractivity contribution is 9.11. The summed E-state index contributed by atoms with van der Waals surface area (Å²) < 4.78 is 1.07. The van der Waals surface area contributed by atoms with Crippen LogP contribution in [0, 0.1) is 5.92 Å². The van der Waals surface area contributed by atoms with Crippen LogP contribution in [0.1, 0.15) is 42.7 Å². The van der Waals surface area contributed by atoms with E-state index >= 15 is 0 Å². The summed E-state index contributed by atoms with van der Waals surface area (Å²) in [6.07, 6.45) is 0.622. The van der Waals surface area contributed by atoms with Crippen LogP contribution >= 0.6 is 27.3 Å². The maximum absolute atomic E-state index is 10.7. The van der Waals surface area contributed by atoms with Gasteiger partial charge in [-0.25, -0.2) is 0 Å². The number of hydrogen-bond donors (Lipinski definition) is 1. The van der Waals surface area contributed by atoms with E-state index < -0.39 is 6.10 Å². The van der Waals surface area contributed by atoms with Crippen molar-refractivity contribution in [1.29, 1.82) is 0 Å². The van der Waals surface area contributed by atoms with Crippen LogP contribution in [0.3, 0.4) is 0 Å². The zero-order valence-electron chi connectivity index (χ0n) is 11.2. The van der Waals surface area contributed by atoms with E-state index in [0.717, 1.165) is 15.1 Å². The van der Waals surface area contributed by atoms with Gasteiger partial charge in [-0.15, -0.1) is 11.3 Å². The van der Waals surface area contributed by atoms with E-state index in [-0.39, 0.29) is 5.92 Å². The van der Waals surface area contributed by atoms with Crippen LogP contribution in [-0.4, -0.2) is 5.11 Å². The average molecular weight is 339 g/mol. The van der Waals surface area contributed by atoms with E-state index in [9.17, 15) is 5.11 Å². The fraction of sp³-hybridized carbons (Fsp3) is 0.375. The third kappa shape index (κ3) is 3.47. The Bertz CT molecular complexity index is 508. The molecule has 1 aromatic heterocycles. The Morgan fingerprint density at radius 1 is 1.16 bits per heavy atom. The number of halogens is 1. The van der Waals surface area contributed by atoms with Crippen LogP contribution in [0.15, 0.2) is 46.3 Å². The van der Waals surface area contributed by atoms with E-state index in [2.05, 4.69) is 41.9 Å². The summed E-state index contributed by atoms with van der Waals surface area (Å²) >= 11 is 5.08. The molecule has 0 bridgehead atoms. The predicted molar refractivity (Wildman–Crippen MR) is 85.6 cm³/mol. The lowest BCUT2D eigenvalue weighted by Crippen LogP contribution is -2.17. The molecule has 1 N–H and O–H groups in total. The number of aliphatic hydroxyl groups is 1. The molecule has 102 valence electrons. The lowest BCUT2D eigenvalue weighted by molar-refractivity contribution is 0.121. The highest BCUT2D eigenvalue weighted by Gasteiger charge is 2.28. The first-order valence-electron chi connectivity index (χ1n) is 6.61. The summed E-state index contributed by atoms with van der Waals surface area (Å²) in [6, 6.07) is 14.3. The zero-order chi connectivity index (χ0) is 13.8. The van der Waals surface area contributed by atoms with Crippen LogP contribution in [0.25, 0.3) is 0 Å². The molecule has 0 saturated carbocycles. The minimum Gasteiger partial charge on any atom is -0.387 e. The molecule has 0 saturated heterocycles. The van der Waals surface area contributed by atoms with Gasteiger partial charge in [0.2, 0.25) is 0 Å². The first-order valence-corrected chi connectivity index (χ1v) is 8.22. The van der Waals surface area contributed by atoms with Crippen molar-refractivity contribution in [1.82, 2.24) is 0 Å². The standard InChI is InChI=1S/C16H19BrOS/c1-3-11(2)15(12-7-5-4-6-8-12)16(18)13-9-10-14(17)19-13/h4-11,15-16,18H,3H2,1-2H3. The summed E-state index contributed by atoms with van der Waals surface area (Å²) in [5, 5.41) is 10.7. The molecule has 0 spiro atoms. The van der Waals surface area contributed by atoms with Gasteiger partial charge in [-0.3, -0.25) is 0 Å². The molecule has 0 radical (unpaired) electrons. The van der Waals surface area contributed by atoms with Crippen LogP contribution in [0.4, 0.5) is 0 Å². The van der Waals surface area contributed by atoms with E-state index in [0.29, 0.717) is 5.92 Å². The van der Waals surface area contributed by atoms with Gasteiger partial charge in [-0.2, -0.15) is 0 Å². The van der Waals surface area contributed by atoms with Gasteiger partial charge in [0.1, 0.15) is 0 Å². The lowest BCUT2D eigenvalue weighted by Gasteiger charge is -2.28. The highest BCUT2D eigenvalue weighted by atomic mass is 79.9. The topological polar surface area (TPSA) is 20.2 Å². The molecule has 1 nitrogen and oxygen atoms in total. The van der Waals surface area contributed by atoms with Crippen molar-refractivity contribution in [3.05, 3.63) is 56.7 Å². The summed E-state index contributed by atoms with van der Waals surface area (Å²) in [5.41, 5.74) is 1.22. The van der Waals surface area contributed by atoms with Gasteiger partial charge in [-0.1, -0.05) is 50.6 Å². The first-order chi connectivity index (χ1) is 9.13. The maximum atomic E-state index is 10.7. The molecular weight excluding hydrogens is 320 g/mol. The van der Waals surface area contributed by atoms with Gasteiger partial charge in [0.05, 0.1) is 9.89 Å². The Kier molecular flexibility index (Phi) is 5.20. The third-order valence-electron chi connectivity index (χ3n) is 3.67. The second kappa shape index (κ2) is 6.69. The van der Waals surface area contributed by atoms with Crippen molar-refractivity contribution in [3.8, 4) is 0 Å². The van der Waals surface area contributed by atoms with Gasteiger partial charge in [0.15, 0.2) is 0 Å². The Balaban J connectivity index is 2.33. The summed E-state index contributed by atoms with van der Waals surface area (Å²) in [5.74, 6) is 0.593. The summed E-state index contributed by atoms with van der Waals surface area (Å²) in [4.78, 5) is 1.03. The predicted octanol–water partition coefficient (Wildman–Crippen LogP) is 5.37. The SMILES string of the molecule is CCC(C)C(c1ccccc1)C(O)c1ccc(Br)s1. The third-order valence-corrected chi connectivity index (χ3v) is 5.36. The second-order valence-electron chi connectivity index (χ2n) is 4.91. The fourth-order valence-electron chi connectivity index (χ4n) is 2.42. The number of aliphatic hydroxyl groups excluding tert-OH is 1. The van der Waals surface area contributed by atoms with Gasteiger partial charge in [0, 0.05) is 10.8 Å². The Morgan fingerprint density at radius 2 is 1.84 bits per heavy atom. The van der Waals surface area contributed by atoms with Crippen molar-refractivity contribution >= 4 is 27.3 Å². The monoisotopic (exact) mass is 338 g/mol. The molecule has 3 unspecified atom stereocenters. The van der Waals surface area contributed by atoms with Gasteiger partial charge < -0.3 is 5.11 Å². The van der Waals surface area contributed by atoms with E-state index in [4.69, 9.17) is 0 Å². The molecule has 2 aromatic rings. The largest absolute Gasteiger partial charge is 0.387 e. The van der Waals surface area contributed by atoms with Gasteiger partial charge in [0.25, 0.3) is 0 Å². The number of rotatable bonds is 5. The quantitative estimate of drug-likeness (QED) is 0.776. The number of benzene rings is 1. The maximum Gasteiger partial charge on any atom is 0.0953 e. The van der Waals surface area contributed by atoms with E-state index in [1.165, 1.54) is 5.56 Å². The molecule has 0 amide bonds. The molecule has 1 aromatic carbocycles. The molecule has 0 aliphatic carbocycles. The van der Waals surface area contributed by atoms with Crippen LogP contribution in [0.5, 0.6) is 0 Å². The normalized spacial score (nSPS) is 16.0. The Morgan fingerprint density at radius 3 is 2.37 bits per heavy atom. The first kappa shape index (κ1) is 14.8. The minimum absolute atomic E-state index is 0.150. The van der Waals surface area contributed by atoms with Crippen molar-refractivity contribution in [2.75, 3.05) is 0 Å². The number of hydrogen-bond acceptors (Lipinski definition) is 2. The Hall–Kier alpha value is -0.640. The highest BCUT2D eigenvalue weighted by Crippen LogP contribution is 2.41. The summed E-state index contributed by atoms with van der Waals surface area (Å²) in [7, 11) is 0. The van der Waals surface area contributed by atoms with E-state index in [1.807, 2.05) is 30.3 Å². The molecule has 3 heteroatoms. The van der Waals surface area contributed by atoms with Crippen molar-refractivity contribution in [3.63, 3.8) is 0 Å². The van der Waals surface area contributed by atoms with Crippen LogP contribution < -0.4 is 0 Å². The molecule has 3 atom stereocenters. The molecule has 19 heavy (non-hydrogen) atoms. The summed E-state index contributed by atoms with van der Waals surface area (Å²) in [6.45, 7) is 4.39. The van der Waals surface area contributed by atoms with Crippen LogP contribution in [-0.2, 0) is 0 Å². The van der Waals surface area contributed by atoms with Gasteiger partial charge in [-0.05, 0) is 39.5 Å². The molecule has 1 heterocycles. The van der Waals surface area contributed by atoms with Crippen molar-refractivity contribution < 1.29 is 5.11 Å². The molecule has 0 aliphatic heterocycles. The van der Waals surface area contributed by atoms with Crippen LogP contribution in [0.2, 0.25) is 0 Å². The second-order valence-corrected chi connectivity index (χ2v) is 7.40. The smallest absolute Gasteiger partial charge is 0.0953 e. The lowest BCUT2D eigenvalue weighted by atomic mass is 9.81. The van der Waals surface area contributed by atoms with E-state index in [1.54, 1.807) is 11.3 Å². The average Bonchev–Trinajstić information content (AvgIpc) is 2.86. The van der Waals surface area contributed by atoms with Crippen molar-refractivity contribution in [2.24, 2.45) is 5.92 Å². The number of thiophene rings is 1. The molecule has 0 fully saturated rings.